The summed E-state index contributed by atoms with van der Waals surface area (Å²) in [5.74, 6) is -1.45. The zero-order chi connectivity index (χ0) is 15.1. The molecule has 2 rings (SSSR count). The lowest BCUT2D eigenvalue weighted by molar-refractivity contribution is -0.137. The number of amides is 1. The van der Waals surface area contributed by atoms with Crippen LogP contribution in [0.3, 0.4) is 0 Å². The number of halogens is 3. The topological polar surface area (TPSA) is 37.4 Å². The van der Waals surface area contributed by atoms with Crippen molar-refractivity contribution in [1.82, 2.24) is 0 Å². The van der Waals surface area contributed by atoms with Gasteiger partial charge in [0.15, 0.2) is 0 Å². The molecule has 1 heterocycles. The van der Waals surface area contributed by atoms with Crippen molar-refractivity contribution in [2.75, 3.05) is 11.4 Å². The van der Waals surface area contributed by atoms with Crippen molar-refractivity contribution in [2.45, 2.75) is 26.4 Å². The summed E-state index contributed by atoms with van der Waals surface area (Å²) in [6.45, 7) is 4.19. The predicted octanol–water partition coefficient (Wildman–Crippen LogP) is 3.28. The zero-order valence-electron chi connectivity index (χ0n) is 11.1. The molecule has 108 valence electrons. The molecular weight excluding hydrogens is 271 g/mol. The highest BCUT2D eigenvalue weighted by Gasteiger charge is 2.39. The van der Waals surface area contributed by atoms with Crippen LogP contribution >= 0.6 is 0 Å². The molecule has 1 unspecified atom stereocenters. The maximum atomic E-state index is 12.6. The fraction of sp³-hybridized carbons (Fsp3) is 0.429. The predicted molar refractivity (Wildman–Crippen MR) is 67.6 cm³/mol. The molecule has 1 aliphatic heterocycles. The van der Waals surface area contributed by atoms with Gasteiger partial charge in [-0.1, -0.05) is 20.3 Å². The summed E-state index contributed by atoms with van der Waals surface area (Å²) in [6.07, 6.45) is -3.71. The Hall–Kier alpha value is -1.85. The van der Waals surface area contributed by atoms with Crippen LogP contribution in [0.15, 0.2) is 18.2 Å². The fourth-order valence-corrected chi connectivity index (χ4v) is 2.10. The SMILES string of the molecule is CCC(C)CN1C(=O)C(=O)c2cc(C(F)(F)F)ccc21. The number of anilines is 1. The van der Waals surface area contributed by atoms with Gasteiger partial charge in [-0.3, -0.25) is 9.59 Å². The van der Waals surface area contributed by atoms with Crippen molar-refractivity contribution in [3.05, 3.63) is 29.3 Å². The Morgan fingerprint density at radius 3 is 2.45 bits per heavy atom. The Morgan fingerprint density at radius 1 is 1.25 bits per heavy atom. The van der Waals surface area contributed by atoms with Crippen LogP contribution in [0.1, 0.15) is 36.2 Å². The fourth-order valence-electron chi connectivity index (χ4n) is 2.10. The first-order chi connectivity index (χ1) is 9.25. The molecule has 20 heavy (non-hydrogen) atoms. The quantitative estimate of drug-likeness (QED) is 0.799. The first kappa shape index (κ1) is 14.6. The number of ketones is 1. The third-order valence-corrected chi connectivity index (χ3v) is 3.49. The van der Waals surface area contributed by atoms with E-state index in [0.717, 1.165) is 18.6 Å². The van der Waals surface area contributed by atoms with Crippen molar-refractivity contribution in [3.63, 3.8) is 0 Å². The van der Waals surface area contributed by atoms with Gasteiger partial charge in [0.1, 0.15) is 0 Å². The summed E-state index contributed by atoms with van der Waals surface area (Å²) in [5, 5.41) is 0. The van der Waals surface area contributed by atoms with Crippen LogP contribution in [0.5, 0.6) is 0 Å². The van der Waals surface area contributed by atoms with Gasteiger partial charge in [0.05, 0.1) is 16.8 Å². The lowest BCUT2D eigenvalue weighted by atomic mass is 10.1. The van der Waals surface area contributed by atoms with Gasteiger partial charge in [-0.05, 0) is 24.1 Å². The molecule has 3 nitrogen and oxygen atoms in total. The van der Waals surface area contributed by atoms with Gasteiger partial charge in [-0.15, -0.1) is 0 Å². The van der Waals surface area contributed by atoms with E-state index >= 15 is 0 Å². The number of Topliss-reactive ketones (excluding diaryl/α,β-unsaturated/α-hetero) is 1. The Morgan fingerprint density at radius 2 is 1.90 bits per heavy atom. The number of alkyl halides is 3. The second kappa shape index (κ2) is 4.92. The van der Waals surface area contributed by atoms with E-state index in [-0.39, 0.29) is 17.2 Å². The molecule has 1 atom stereocenters. The molecule has 0 aliphatic carbocycles. The van der Waals surface area contributed by atoms with Crippen LogP contribution in [0.2, 0.25) is 0 Å². The summed E-state index contributed by atoms with van der Waals surface area (Å²) in [6, 6.07) is 2.85. The molecular formula is C14H14F3NO2. The van der Waals surface area contributed by atoms with E-state index in [4.69, 9.17) is 0 Å². The molecule has 0 spiro atoms. The lowest BCUT2D eigenvalue weighted by Crippen LogP contribution is -2.33. The molecule has 0 fully saturated rings. The minimum Gasteiger partial charge on any atom is -0.304 e. The summed E-state index contributed by atoms with van der Waals surface area (Å²) in [5.41, 5.74) is -0.802. The first-order valence-electron chi connectivity index (χ1n) is 6.33. The number of hydrogen-bond acceptors (Lipinski definition) is 2. The van der Waals surface area contributed by atoms with Crippen LogP contribution in [-0.2, 0) is 11.0 Å². The maximum Gasteiger partial charge on any atom is 0.416 e. The Labute approximate surface area is 114 Å². The second-order valence-corrected chi connectivity index (χ2v) is 4.99. The number of benzene rings is 1. The van der Waals surface area contributed by atoms with Gasteiger partial charge in [0.2, 0.25) is 0 Å². The average molecular weight is 285 g/mol. The minimum atomic E-state index is -4.53. The number of carbonyl (C=O) groups excluding carboxylic acids is 2. The highest BCUT2D eigenvalue weighted by Crippen LogP contribution is 2.36. The molecule has 1 amide bonds. The molecule has 1 aliphatic rings. The van der Waals surface area contributed by atoms with E-state index in [1.807, 2.05) is 13.8 Å². The van der Waals surface area contributed by atoms with Crippen molar-refractivity contribution in [3.8, 4) is 0 Å². The molecule has 0 N–H and O–H groups in total. The molecule has 1 aromatic rings. The average Bonchev–Trinajstić information content (AvgIpc) is 2.62. The van der Waals surface area contributed by atoms with Crippen molar-refractivity contribution >= 4 is 17.4 Å². The zero-order valence-corrected chi connectivity index (χ0v) is 11.1. The normalized spacial score (nSPS) is 16.6. The van der Waals surface area contributed by atoms with Crippen LogP contribution < -0.4 is 4.90 Å². The van der Waals surface area contributed by atoms with E-state index in [1.165, 1.54) is 11.0 Å². The van der Waals surface area contributed by atoms with Crippen molar-refractivity contribution in [2.24, 2.45) is 5.92 Å². The molecule has 6 heteroatoms. The Kier molecular flexibility index (Phi) is 3.58. The monoisotopic (exact) mass is 285 g/mol. The number of rotatable bonds is 3. The van der Waals surface area contributed by atoms with E-state index < -0.39 is 23.4 Å². The van der Waals surface area contributed by atoms with Gasteiger partial charge in [-0.25, -0.2) is 0 Å². The molecule has 0 aromatic heterocycles. The van der Waals surface area contributed by atoms with Gasteiger partial charge >= 0.3 is 6.18 Å². The highest BCUT2D eigenvalue weighted by molar-refractivity contribution is 6.52. The lowest BCUT2D eigenvalue weighted by Gasteiger charge is -2.20. The smallest absolute Gasteiger partial charge is 0.304 e. The minimum absolute atomic E-state index is 0.159. The second-order valence-electron chi connectivity index (χ2n) is 4.99. The van der Waals surface area contributed by atoms with Crippen molar-refractivity contribution in [1.29, 1.82) is 0 Å². The van der Waals surface area contributed by atoms with Crippen LogP contribution in [0.25, 0.3) is 0 Å². The molecule has 0 saturated heterocycles. The van der Waals surface area contributed by atoms with E-state index in [1.54, 1.807) is 0 Å². The number of hydrogen-bond donors (Lipinski definition) is 0. The molecule has 0 saturated carbocycles. The highest BCUT2D eigenvalue weighted by atomic mass is 19.4. The van der Waals surface area contributed by atoms with Gasteiger partial charge < -0.3 is 4.90 Å². The van der Waals surface area contributed by atoms with Gasteiger partial charge in [0.25, 0.3) is 11.7 Å². The van der Waals surface area contributed by atoms with Crippen LogP contribution in [0.4, 0.5) is 18.9 Å². The maximum absolute atomic E-state index is 12.6. The summed E-state index contributed by atoms with van der Waals surface area (Å²) in [4.78, 5) is 24.9. The summed E-state index contributed by atoms with van der Waals surface area (Å²) < 4.78 is 37.9. The summed E-state index contributed by atoms with van der Waals surface area (Å²) in [7, 11) is 0. The number of fused-ring (bicyclic) bond motifs is 1. The van der Waals surface area contributed by atoms with Crippen LogP contribution in [0, 0.1) is 5.92 Å². The van der Waals surface area contributed by atoms with Gasteiger partial charge in [0, 0.05) is 6.54 Å². The molecule has 0 radical (unpaired) electrons. The standard InChI is InChI=1S/C14H14F3NO2/c1-3-8(2)7-18-11-5-4-9(14(15,16)17)6-10(11)12(19)13(18)20/h4-6,8H,3,7H2,1-2H3. The van der Waals surface area contributed by atoms with Crippen molar-refractivity contribution < 1.29 is 22.8 Å². The molecule has 1 aromatic carbocycles. The number of carbonyl (C=O) groups is 2. The third kappa shape index (κ3) is 2.42. The largest absolute Gasteiger partial charge is 0.416 e. The van der Waals surface area contributed by atoms with Gasteiger partial charge in [-0.2, -0.15) is 13.2 Å². The van der Waals surface area contributed by atoms with E-state index in [0.29, 0.717) is 6.54 Å². The van der Waals surface area contributed by atoms with Crippen LogP contribution in [-0.4, -0.2) is 18.2 Å². The van der Waals surface area contributed by atoms with E-state index in [9.17, 15) is 22.8 Å². The third-order valence-electron chi connectivity index (χ3n) is 3.49. The number of nitrogens with zero attached hydrogens (tertiary/aromatic N) is 1. The first-order valence-corrected chi connectivity index (χ1v) is 6.33. The molecule has 0 bridgehead atoms. The summed E-state index contributed by atoms with van der Waals surface area (Å²) >= 11 is 0. The Balaban J connectivity index is 2.42. The Bertz CT molecular complexity index is 566. The van der Waals surface area contributed by atoms with E-state index in [2.05, 4.69) is 0 Å².